The summed E-state index contributed by atoms with van der Waals surface area (Å²) in [7, 11) is 0. The van der Waals surface area contributed by atoms with Gasteiger partial charge in [0.05, 0.1) is 5.71 Å². The predicted octanol–water partition coefficient (Wildman–Crippen LogP) is 2.69. The van der Waals surface area contributed by atoms with Gasteiger partial charge in [0.15, 0.2) is 6.10 Å². The second kappa shape index (κ2) is 8.15. The number of rotatable bonds is 7. The molecule has 0 aliphatic carbocycles. The van der Waals surface area contributed by atoms with E-state index >= 15 is 0 Å². The van der Waals surface area contributed by atoms with E-state index in [0.717, 1.165) is 42.6 Å². The third-order valence-corrected chi connectivity index (χ3v) is 5.54. The molecule has 2 aliphatic rings. The van der Waals surface area contributed by atoms with Crippen molar-refractivity contribution in [1.82, 2.24) is 4.90 Å². The number of aryl methyl sites for hydroxylation is 1. The van der Waals surface area contributed by atoms with Gasteiger partial charge in [0.1, 0.15) is 0 Å². The predicted molar refractivity (Wildman–Crippen MR) is 106 cm³/mol. The molecule has 0 radical (unpaired) electrons. The summed E-state index contributed by atoms with van der Waals surface area (Å²) in [5.74, 6) is -1.27. The van der Waals surface area contributed by atoms with E-state index in [-0.39, 0.29) is 12.0 Å². The fourth-order valence-corrected chi connectivity index (χ4v) is 3.82. The van der Waals surface area contributed by atoms with Crippen molar-refractivity contribution >= 4 is 11.7 Å². The molecule has 2 aromatic carbocycles. The van der Waals surface area contributed by atoms with E-state index in [1.165, 1.54) is 11.1 Å². The summed E-state index contributed by atoms with van der Waals surface area (Å²) in [6.45, 7) is 4.10. The summed E-state index contributed by atoms with van der Waals surface area (Å²) in [6.07, 6.45) is 3.00. The van der Waals surface area contributed by atoms with Crippen molar-refractivity contribution in [3.05, 3.63) is 70.8 Å². The first-order valence-electron chi connectivity index (χ1n) is 9.96. The van der Waals surface area contributed by atoms with Crippen molar-refractivity contribution in [2.24, 2.45) is 11.1 Å². The fourth-order valence-electron chi connectivity index (χ4n) is 3.82. The number of carboxylic acid groups (broad SMARTS) is 1. The third-order valence-electron chi connectivity index (χ3n) is 5.54. The molecule has 5 heteroatoms. The van der Waals surface area contributed by atoms with Gasteiger partial charge < -0.3 is 14.7 Å². The highest BCUT2D eigenvalue weighted by atomic mass is 16.6. The molecule has 0 saturated carbocycles. The highest BCUT2D eigenvalue weighted by Gasteiger charge is 2.27. The van der Waals surface area contributed by atoms with Crippen LogP contribution < -0.4 is 5.11 Å². The Morgan fingerprint density at radius 3 is 2.43 bits per heavy atom. The standard InChI is InChI=1S/C23H26N2O3/c1-2-3-16-4-10-19(11-5-16)22-12-21(24-28-22)18-8-6-17(7-9-18)13-25-14-20(15-25)23(26)27/h4-11,20,22H,2-3,12-15H2,1H3,(H,26,27)/p-1. The molecular formula is C23H25N2O3-. The minimum atomic E-state index is -0.944. The number of carbonyl (C=O) groups is 1. The molecule has 1 atom stereocenters. The van der Waals surface area contributed by atoms with Crippen LogP contribution in [0.15, 0.2) is 53.7 Å². The number of benzene rings is 2. The summed E-state index contributed by atoms with van der Waals surface area (Å²) in [6, 6.07) is 16.9. The van der Waals surface area contributed by atoms with Crippen LogP contribution in [0.4, 0.5) is 0 Å². The average molecular weight is 377 g/mol. The van der Waals surface area contributed by atoms with Crippen LogP contribution in [0, 0.1) is 5.92 Å². The van der Waals surface area contributed by atoms with E-state index in [1.807, 2.05) is 0 Å². The molecule has 2 aromatic rings. The number of likely N-dealkylation sites (tertiary alicyclic amines) is 1. The largest absolute Gasteiger partial charge is 0.550 e. The zero-order valence-corrected chi connectivity index (χ0v) is 16.1. The number of hydrogen-bond acceptors (Lipinski definition) is 5. The Balaban J connectivity index is 1.32. The molecule has 28 heavy (non-hydrogen) atoms. The van der Waals surface area contributed by atoms with E-state index < -0.39 is 5.97 Å². The Hall–Kier alpha value is -2.66. The Bertz CT molecular complexity index is 852. The maximum atomic E-state index is 10.8. The van der Waals surface area contributed by atoms with Crippen LogP contribution >= 0.6 is 0 Å². The normalized spacial score (nSPS) is 19.8. The van der Waals surface area contributed by atoms with Crippen LogP contribution in [-0.4, -0.2) is 29.7 Å². The molecule has 0 aromatic heterocycles. The van der Waals surface area contributed by atoms with Gasteiger partial charge in [-0.1, -0.05) is 67.0 Å². The number of oxime groups is 1. The van der Waals surface area contributed by atoms with Crippen LogP contribution in [0.3, 0.4) is 0 Å². The van der Waals surface area contributed by atoms with E-state index in [1.54, 1.807) is 0 Å². The number of aliphatic carboxylic acids is 1. The number of hydrogen-bond donors (Lipinski definition) is 0. The Morgan fingerprint density at radius 1 is 1.11 bits per heavy atom. The fraction of sp³-hybridized carbons (Fsp3) is 0.391. The first kappa shape index (κ1) is 18.7. The van der Waals surface area contributed by atoms with Crippen molar-refractivity contribution in [3.8, 4) is 0 Å². The van der Waals surface area contributed by atoms with Gasteiger partial charge in [-0.3, -0.25) is 4.90 Å². The lowest BCUT2D eigenvalue weighted by Crippen LogP contribution is -2.53. The summed E-state index contributed by atoms with van der Waals surface area (Å²) < 4.78 is 0. The zero-order valence-electron chi connectivity index (χ0n) is 16.1. The quantitative estimate of drug-likeness (QED) is 0.744. The van der Waals surface area contributed by atoms with Crippen LogP contribution in [-0.2, 0) is 22.6 Å². The highest BCUT2D eigenvalue weighted by Crippen LogP contribution is 2.30. The van der Waals surface area contributed by atoms with Crippen molar-refractivity contribution in [2.45, 2.75) is 38.8 Å². The van der Waals surface area contributed by atoms with Crippen molar-refractivity contribution in [2.75, 3.05) is 13.1 Å². The minimum absolute atomic E-state index is 0.0204. The SMILES string of the molecule is CCCc1ccc(C2CC(c3ccc(CN4CC(C(=O)[O-])C4)cc3)=NO2)cc1. The molecular weight excluding hydrogens is 352 g/mol. The van der Waals surface area contributed by atoms with E-state index in [9.17, 15) is 9.90 Å². The molecule has 5 nitrogen and oxygen atoms in total. The summed E-state index contributed by atoms with van der Waals surface area (Å²) in [5.41, 5.74) is 5.73. The van der Waals surface area contributed by atoms with Gasteiger partial charge in [0, 0.05) is 37.9 Å². The molecule has 4 rings (SSSR count). The Labute approximate surface area is 165 Å². The maximum absolute atomic E-state index is 10.8. The van der Waals surface area contributed by atoms with E-state index in [0.29, 0.717) is 13.1 Å². The second-order valence-corrected chi connectivity index (χ2v) is 7.73. The number of nitrogens with zero attached hydrogens (tertiary/aromatic N) is 2. The van der Waals surface area contributed by atoms with Crippen molar-refractivity contribution in [3.63, 3.8) is 0 Å². The third kappa shape index (κ3) is 4.09. The molecule has 0 amide bonds. The van der Waals surface area contributed by atoms with E-state index in [2.05, 4.69) is 65.5 Å². The molecule has 146 valence electrons. The first-order valence-corrected chi connectivity index (χ1v) is 9.96. The lowest BCUT2D eigenvalue weighted by atomic mass is 9.97. The molecule has 2 aliphatic heterocycles. The van der Waals surface area contributed by atoms with Crippen LogP contribution in [0.25, 0.3) is 0 Å². The van der Waals surface area contributed by atoms with Gasteiger partial charge in [-0.15, -0.1) is 0 Å². The summed E-state index contributed by atoms with van der Waals surface area (Å²) >= 11 is 0. The minimum Gasteiger partial charge on any atom is -0.550 e. The number of carboxylic acids is 1. The molecule has 0 N–H and O–H groups in total. The summed E-state index contributed by atoms with van der Waals surface area (Å²) in [4.78, 5) is 18.6. The van der Waals surface area contributed by atoms with Crippen LogP contribution in [0.5, 0.6) is 0 Å². The van der Waals surface area contributed by atoms with Gasteiger partial charge in [-0.25, -0.2) is 0 Å². The monoisotopic (exact) mass is 377 g/mol. The van der Waals surface area contributed by atoms with Gasteiger partial charge >= 0.3 is 0 Å². The molecule has 0 bridgehead atoms. The number of carbonyl (C=O) groups excluding carboxylic acids is 1. The summed E-state index contributed by atoms with van der Waals surface area (Å²) in [5, 5.41) is 15.1. The average Bonchev–Trinajstić information content (AvgIpc) is 3.15. The molecule has 2 heterocycles. The van der Waals surface area contributed by atoms with Crippen LogP contribution in [0.2, 0.25) is 0 Å². The van der Waals surface area contributed by atoms with Crippen molar-refractivity contribution < 1.29 is 14.7 Å². The second-order valence-electron chi connectivity index (χ2n) is 7.73. The highest BCUT2D eigenvalue weighted by molar-refractivity contribution is 6.01. The van der Waals surface area contributed by atoms with E-state index in [4.69, 9.17) is 4.84 Å². The lowest BCUT2D eigenvalue weighted by molar-refractivity contribution is -0.315. The van der Waals surface area contributed by atoms with Gasteiger partial charge in [-0.2, -0.15) is 0 Å². The first-order chi connectivity index (χ1) is 13.6. The maximum Gasteiger partial charge on any atom is 0.158 e. The topological polar surface area (TPSA) is 65.0 Å². The molecule has 1 saturated heterocycles. The van der Waals surface area contributed by atoms with Crippen LogP contribution in [0.1, 0.15) is 48.1 Å². The van der Waals surface area contributed by atoms with Gasteiger partial charge in [0.2, 0.25) is 0 Å². The molecule has 1 fully saturated rings. The molecule has 1 unspecified atom stereocenters. The van der Waals surface area contributed by atoms with Crippen molar-refractivity contribution in [1.29, 1.82) is 0 Å². The lowest BCUT2D eigenvalue weighted by Gasteiger charge is -2.39. The van der Waals surface area contributed by atoms with Gasteiger partial charge in [-0.05, 0) is 28.7 Å². The van der Waals surface area contributed by atoms with Gasteiger partial charge in [0.25, 0.3) is 0 Å². The Kier molecular flexibility index (Phi) is 5.44. The Morgan fingerprint density at radius 2 is 1.79 bits per heavy atom. The smallest absolute Gasteiger partial charge is 0.158 e. The molecule has 0 spiro atoms. The zero-order chi connectivity index (χ0) is 19.5.